The Bertz CT molecular complexity index is 399. The molecule has 0 amide bonds. The largest absolute Gasteiger partial charge is 0.394 e. The first-order chi connectivity index (χ1) is 14.7. The molecule has 5 heteroatoms. The number of hydrogen-bond acceptors (Lipinski definition) is 5. The van der Waals surface area contributed by atoms with Gasteiger partial charge < -0.3 is 24.8 Å². The van der Waals surface area contributed by atoms with Crippen LogP contribution in [0.5, 0.6) is 0 Å². The van der Waals surface area contributed by atoms with E-state index in [9.17, 15) is 15.3 Å². The molecule has 1 aliphatic heterocycles. The Kier molecular flexibility index (Phi) is 17.7. The van der Waals surface area contributed by atoms with Crippen LogP contribution in [0.25, 0.3) is 0 Å². The predicted octanol–water partition coefficient (Wildman–Crippen LogP) is 4.91. The fourth-order valence-electron chi connectivity index (χ4n) is 3.96. The molecule has 0 aromatic rings. The highest BCUT2D eigenvalue weighted by Crippen LogP contribution is 2.19. The minimum Gasteiger partial charge on any atom is -0.394 e. The molecule has 1 aliphatic rings. The normalized spacial score (nSPS) is 24.7. The summed E-state index contributed by atoms with van der Waals surface area (Å²) in [5, 5.41) is 29.0. The lowest BCUT2D eigenvalue weighted by atomic mass is 10.0. The fraction of sp³-hybridized carbons (Fsp3) is 0.920. The van der Waals surface area contributed by atoms with E-state index in [0.717, 1.165) is 19.3 Å². The van der Waals surface area contributed by atoms with Crippen molar-refractivity contribution in [3.8, 4) is 0 Å². The summed E-state index contributed by atoms with van der Waals surface area (Å²) in [5.74, 6) is 0. The van der Waals surface area contributed by atoms with Gasteiger partial charge in [0.25, 0.3) is 0 Å². The van der Waals surface area contributed by atoms with Crippen LogP contribution < -0.4 is 0 Å². The number of aliphatic hydroxyl groups is 3. The molecule has 1 heterocycles. The standard InChI is InChI=1S/C25H48O5/c1-2-3-4-5-6-7-8-9-10-11-12-13-14-15-16-17-18-19-29-25-23(20-26)30-21-22(27)24(25)28/h14-15,22-28H,2-13,16-21H2,1H3/b15-14+/t22-,23+,24+,25+/m0/s1. The van der Waals surface area contributed by atoms with Crippen LogP contribution in [0.1, 0.15) is 103 Å². The van der Waals surface area contributed by atoms with E-state index in [1.54, 1.807) is 0 Å². The SMILES string of the molecule is CCCCCCCCCCCCC/C=C/CCCCO[C@H]1[C@H](O)[C@@H](O)CO[C@@H]1CO. The monoisotopic (exact) mass is 428 g/mol. The van der Waals surface area contributed by atoms with Crippen LogP contribution in [0.3, 0.4) is 0 Å². The minimum absolute atomic E-state index is 0.0379. The van der Waals surface area contributed by atoms with Crippen LogP contribution in [0.15, 0.2) is 12.2 Å². The molecule has 1 rings (SSSR count). The zero-order valence-electron chi connectivity index (χ0n) is 19.4. The van der Waals surface area contributed by atoms with Crippen molar-refractivity contribution in [3.05, 3.63) is 12.2 Å². The summed E-state index contributed by atoms with van der Waals surface area (Å²) in [7, 11) is 0. The van der Waals surface area contributed by atoms with E-state index in [1.807, 2.05) is 0 Å². The second-order valence-electron chi connectivity index (χ2n) is 8.74. The maximum atomic E-state index is 10.0. The summed E-state index contributed by atoms with van der Waals surface area (Å²) in [5.41, 5.74) is 0. The summed E-state index contributed by atoms with van der Waals surface area (Å²) in [4.78, 5) is 0. The van der Waals surface area contributed by atoms with Gasteiger partial charge in [0.05, 0.1) is 13.2 Å². The number of allylic oxidation sites excluding steroid dienone is 2. The molecule has 0 bridgehead atoms. The minimum atomic E-state index is -0.999. The highest BCUT2D eigenvalue weighted by molar-refractivity contribution is 4.87. The maximum absolute atomic E-state index is 10.0. The second kappa shape index (κ2) is 19.2. The molecule has 0 aliphatic carbocycles. The quantitative estimate of drug-likeness (QED) is 0.201. The van der Waals surface area contributed by atoms with E-state index < -0.39 is 24.4 Å². The molecule has 5 nitrogen and oxygen atoms in total. The van der Waals surface area contributed by atoms with Crippen LogP contribution in [0.2, 0.25) is 0 Å². The average molecular weight is 429 g/mol. The third-order valence-electron chi connectivity index (χ3n) is 5.97. The number of hydrogen-bond donors (Lipinski definition) is 3. The molecule has 178 valence electrons. The van der Waals surface area contributed by atoms with Gasteiger partial charge in [-0.05, 0) is 32.1 Å². The predicted molar refractivity (Wildman–Crippen MR) is 123 cm³/mol. The van der Waals surface area contributed by atoms with Crippen molar-refractivity contribution in [2.24, 2.45) is 0 Å². The van der Waals surface area contributed by atoms with E-state index in [2.05, 4.69) is 19.1 Å². The summed E-state index contributed by atoms with van der Waals surface area (Å²) in [6.45, 7) is 2.60. The summed E-state index contributed by atoms with van der Waals surface area (Å²) >= 11 is 0. The maximum Gasteiger partial charge on any atom is 0.114 e. The summed E-state index contributed by atoms with van der Waals surface area (Å²) in [6.07, 6.45) is 20.8. The Balaban J connectivity index is 1.87. The van der Waals surface area contributed by atoms with Gasteiger partial charge in [-0.15, -0.1) is 0 Å². The molecular weight excluding hydrogens is 380 g/mol. The van der Waals surface area contributed by atoms with E-state index in [1.165, 1.54) is 77.0 Å². The number of aliphatic hydroxyl groups excluding tert-OH is 3. The summed E-state index contributed by atoms with van der Waals surface area (Å²) in [6, 6.07) is 0. The zero-order valence-corrected chi connectivity index (χ0v) is 19.4. The van der Waals surface area contributed by atoms with Crippen molar-refractivity contribution in [2.75, 3.05) is 19.8 Å². The van der Waals surface area contributed by atoms with Crippen LogP contribution >= 0.6 is 0 Å². The lowest BCUT2D eigenvalue weighted by Crippen LogP contribution is -2.55. The fourth-order valence-corrected chi connectivity index (χ4v) is 3.96. The first-order valence-corrected chi connectivity index (χ1v) is 12.6. The zero-order chi connectivity index (χ0) is 21.9. The first kappa shape index (κ1) is 27.6. The lowest BCUT2D eigenvalue weighted by Gasteiger charge is -2.37. The Morgan fingerprint density at radius 1 is 0.800 bits per heavy atom. The van der Waals surface area contributed by atoms with Crippen molar-refractivity contribution < 1.29 is 24.8 Å². The number of rotatable bonds is 19. The Labute approximate surface area is 184 Å². The van der Waals surface area contributed by atoms with E-state index in [4.69, 9.17) is 9.47 Å². The highest BCUT2D eigenvalue weighted by atomic mass is 16.6. The van der Waals surface area contributed by atoms with Crippen molar-refractivity contribution in [2.45, 2.75) is 128 Å². The molecule has 0 saturated carbocycles. The average Bonchev–Trinajstić information content (AvgIpc) is 2.75. The van der Waals surface area contributed by atoms with Crippen molar-refractivity contribution in [1.29, 1.82) is 0 Å². The summed E-state index contributed by atoms with van der Waals surface area (Å²) < 4.78 is 11.0. The third kappa shape index (κ3) is 13.1. The molecule has 1 fully saturated rings. The smallest absolute Gasteiger partial charge is 0.114 e. The van der Waals surface area contributed by atoms with Gasteiger partial charge in [0.2, 0.25) is 0 Å². The van der Waals surface area contributed by atoms with Gasteiger partial charge in [0, 0.05) is 6.61 Å². The van der Waals surface area contributed by atoms with E-state index >= 15 is 0 Å². The van der Waals surface area contributed by atoms with Crippen molar-refractivity contribution >= 4 is 0 Å². The van der Waals surface area contributed by atoms with Crippen LogP contribution in [-0.2, 0) is 9.47 Å². The molecule has 3 N–H and O–H groups in total. The molecule has 0 aromatic heterocycles. The van der Waals surface area contributed by atoms with Gasteiger partial charge in [-0.2, -0.15) is 0 Å². The van der Waals surface area contributed by atoms with E-state index in [-0.39, 0.29) is 13.2 Å². The molecule has 30 heavy (non-hydrogen) atoms. The Morgan fingerprint density at radius 2 is 1.33 bits per heavy atom. The Morgan fingerprint density at radius 3 is 1.90 bits per heavy atom. The van der Waals surface area contributed by atoms with E-state index in [0.29, 0.717) is 6.61 Å². The van der Waals surface area contributed by atoms with Crippen LogP contribution in [-0.4, -0.2) is 59.6 Å². The van der Waals surface area contributed by atoms with Gasteiger partial charge in [0.1, 0.15) is 24.4 Å². The number of unbranched alkanes of at least 4 members (excludes halogenated alkanes) is 13. The van der Waals surface area contributed by atoms with Gasteiger partial charge in [-0.1, -0.05) is 83.3 Å². The lowest BCUT2D eigenvalue weighted by molar-refractivity contribution is -0.211. The molecule has 4 atom stereocenters. The molecule has 0 radical (unpaired) electrons. The first-order valence-electron chi connectivity index (χ1n) is 12.6. The second-order valence-corrected chi connectivity index (χ2v) is 8.74. The number of ether oxygens (including phenoxy) is 2. The molecule has 0 spiro atoms. The Hall–Kier alpha value is -0.460. The molecule has 1 saturated heterocycles. The topological polar surface area (TPSA) is 79.2 Å². The van der Waals surface area contributed by atoms with Gasteiger partial charge in [0.15, 0.2) is 0 Å². The highest BCUT2D eigenvalue weighted by Gasteiger charge is 2.39. The molecule has 0 aromatic carbocycles. The van der Waals surface area contributed by atoms with Crippen molar-refractivity contribution in [3.63, 3.8) is 0 Å². The van der Waals surface area contributed by atoms with Gasteiger partial charge in [-0.25, -0.2) is 0 Å². The molecular formula is C25H48O5. The van der Waals surface area contributed by atoms with Crippen molar-refractivity contribution in [1.82, 2.24) is 0 Å². The van der Waals surface area contributed by atoms with Gasteiger partial charge in [-0.3, -0.25) is 0 Å². The van der Waals surface area contributed by atoms with Crippen LogP contribution in [0, 0.1) is 0 Å². The van der Waals surface area contributed by atoms with Crippen LogP contribution in [0.4, 0.5) is 0 Å². The molecule has 0 unspecified atom stereocenters. The third-order valence-corrected chi connectivity index (χ3v) is 5.97. The van der Waals surface area contributed by atoms with Gasteiger partial charge >= 0.3 is 0 Å².